The molecule has 1 saturated carbocycles. The maximum absolute atomic E-state index is 13.8. The standard InChI is InChI=1S/C25H29Cl4N3O4S/c1-3-21(25(34)30-18-7-4-5-8-18)31(14-16-11-12-17(26)13-20(16)28)23(33)15-32(37(2,35)36)22-10-6-9-19(27)24(22)29/h6,9-13,18,21H,3-5,7-8,14-15H2,1-2H3,(H,30,34)/t21-/m1/s1. The molecule has 0 saturated heterocycles. The Kier molecular flexibility index (Phi) is 10.4. The fraction of sp³-hybridized carbons (Fsp3) is 0.440. The zero-order valence-corrected chi connectivity index (χ0v) is 24.4. The van der Waals surface area contributed by atoms with Gasteiger partial charge in [-0.1, -0.05) is 78.3 Å². The van der Waals surface area contributed by atoms with E-state index < -0.39 is 28.5 Å². The number of amides is 2. The van der Waals surface area contributed by atoms with Gasteiger partial charge < -0.3 is 10.2 Å². The molecular formula is C25H29Cl4N3O4S. The topological polar surface area (TPSA) is 86.8 Å². The molecule has 0 aromatic heterocycles. The van der Waals surface area contributed by atoms with Crippen molar-refractivity contribution in [3.8, 4) is 0 Å². The minimum Gasteiger partial charge on any atom is -0.352 e. The predicted octanol–water partition coefficient (Wildman–Crippen LogP) is 5.93. The quantitative estimate of drug-likeness (QED) is 0.362. The number of anilines is 1. The highest BCUT2D eigenvalue weighted by atomic mass is 35.5. The van der Waals surface area contributed by atoms with Crippen LogP contribution in [-0.4, -0.2) is 50.0 Å². The summed E-state index contributed by atoms with van der Waals surface area (Å²) in [6.07, 6.45) is 5.12. The lowest BCUT2D eigenvalue weighted by Crippen LogP contribution is -2.53. The van der Waals surface area contributed by atoms with Crippen molar-refractivity contribution in [1.29, 1.82) is 0 Å². The van der Waals surface area contributed by atoms with E-state index in [4.69, 9.17) is 46.4 Å². The predicted molar refractivity (Wildman–Crippen MR) is 150 cm³/mol. The Balaban J connectivity index is 1.98. The number of nitrogens with one attached hydrogen (secondary N) is 1. The summed E-state index contributed by atoms with van der Waals surface area (Å²) < 4.78 is 26.4. The number of hydrogen-bond donors (Lipinski definition) is 1. The van der Waals surface area contributed by atoms with Crippen molar-refractivity contribution in [2.75, 3.05) is 17.1 Å². The third-order valence-electron chi connectivity index (χ3n) is 6.32. The lowest BCUT2D eigenvalue weighted by Gasteiger charge is -2.33. The van der Waals surface area contributed by atoms with E-state index in [1.807, 2.05) is 0 Å². The first-order valence-corrected chi connectivity index (χ1v) is 15.2. The Morgan fingerprint density at radius 3 is 2.32 bits per heavy atom. The summed E-state index contributed by atoms with van der Waals surface area (Å²) in [5.41, 5.74) is 0.635. The molecule has 202 valence electrons. The van der Waals surface area contributed by atoms with Gasteiger partial charge in [-0.05, 0) is 49.1 Å². The maximum atomic E-state index is 13.8. The summed E-state index contributed by atoms with van der Waals surface area (Å²) in [4.78, 5) is 28.5. The van der Waals surface area contributed by atoms with Gasteiger partial charge in [-0.25, -0.2) is 8.42 Å². The molecule has 0 radical (unpaired) electrons. The first-order valence-electron chi connectivity index (χ1n) is 11.9. The van der Waals surface area contributed by atoms with Gasteiger partial charge in [0, 0.05) is 22.6 Å². The van der Waals surface area contributed by atoms with E-state index in [0.29, 0.717) is 22.0 Å². The highest BCUT2D eigenvalue weighted by Crippen LogP contribution is 2.34. The lowest BCUT2D eigenvalue weighted by atomic mass is 10.1. The van der Waals surface area contributed by atoms with Crippen LogP contribution in [0.1, 0.15) is 44.6 Å². The summed E-state index contributed by atoms with van der Waals surface area (Å²) >= 11 is 24.8. The van der Waals surface area contributed by atoms with Crippen molar-refractivity contribution in [2.24, 2.45) is 0 Å². The van der Waals surface area contributed by atoms with Crippen molar-refractivity contribution in [1.82, 2.24) is 10.2 Å². The third kappa shape index (κ3) is 7.67. The van der Waals surface area contributed by atoms with E-state index in [1.165, 1.54) is 17.0 Å². The van der Waals surface area contributed by atoms with Crippen molar-refractivity contribution in [3.05, 3.63) is 62.1 Å². The highest BCUT2D eigenvalue weighted by molar-refractivity contribution is 7.92. The maximum Gasteiger partial charge on any atom is 0.244 e. The van der Waals surface area contributed by atoms with Gasteiger partial charge in [0.1, 0.15) is 12.6 Å². The molecule has 2 amide bonds. The van der Waals surface area contributed by atoms with E-state index in [1.54, 1.807) is 31.2 Å². The molecule has 0 heterocycles. The Hall–Kier alpha value is -1.71. The van der Waals surface area contributed by atoms with Crippen LogP contribution < -0.4 is 9.62 Å². The molecular weight excluding hydrogens is 580 g/mol. The molecule has 2 aromatic rings. The number of hydrogen-bond acceptors (Lipinski definition) is 4. The fourth-order valence-corrected chi connectivity index (χ4v) is 6.17. The Labute approximate surface area is 238 Å². The van der Waals surface area contributed by atoms with Crippen molar-refractivity contribution in [3.63, 3.8) is 0 Å². The van der Waals surface area contributed by atoms with E-state index >= 15 is 0 Å². The summed E-state index contributed by atoms with van der Waals surface area (Å²) in [5, 5.41) is 3.95. The van der Waals surface area contributed by atoms with E-state index in [9.17, 15) is 18.0 Å². The molecule has 0 spiro atoms. The van der Waals surface area contributed by atoms with Gasteiger partial charge in [-0.3, -0.25) is 13.9 Å². The molecule has 0 unspecified atom stereocenters. The number of rotatable bonds is 10. The molecule has 0 aliphatic heterocycles. The molecule has 1 aliphatic carbocycles. The smallest absolute Gasteiger partial charge is 0.244 e. The second-order valence-electron chi connectivity index (χ2n) is 9.01. The molecule has 0 bridgehead atoms. The van der Waals surface area contributed by atoms with Gasteiger partial charge in [-0.15, -0.1) is 0 Å². The van der Waals surface area contributed by atoms with Crippen molar-refractivity contribution >= 4 is 73.9 Å². The van der Waals surface area contributed by atoms with Gasteiger partial charge in [0.2, 0.25) is 21.8 Å². The monoisotopic (exact) mass is 607 g/mol. The fourth-order valence-electron chi connectivity index (χ4n) is 4.40. The molecule has 7 nitrogen and oxygen atoms in total. The van der Waals surface area contributed by atoms with Crippen LogP contribution in [0.4, 0.5) is 5.69 Å². The summed E-state index contributed by atoms with van der Waals surface area (Å²) in [7, 11) is -3.95. The molecule has 1 N–H and O–H groups in total. The van der Waals surface area contributed by atoms with Gasteiger partial charge in [-0.2, -0.15) is 0 Å². The van der Waals surface area contributed by atoms with Crippen LogP contribution in [0.2, 0.25) is 20.1 Å². The minimum absolute atomic E-state index is 0.000653. The van der Waals surface area contributed by atoms with Gasteiger partial charge in [0.15, 0.2) is 0 Å². The zero-order valence-electron chi connectivity index (χ0n) is 20.5. The van der Waals surface area contributed by atoms with Gasteiger partial charge in [0.25, 0.3) is 0 Å². The number of nitrogens with zero attached hydrogens (tertiary/aromatic N) is 2. The van der Waals surface area contributed by atoms with E-state index in [-0.39, 0.29) is 34.2 Å². The number of carbonyl (C=O) groups is 2. The number of carbonyl (C=O) groups excluding carboxylic acids is 2. The Morgan fingerprint density at radius 1 is 1.05 bits per heavy atom. The average Bonchev–Trinajstić information content (AvgIpc) is 3.33. The minimum atomic E-state index is -3.95. The van der Waals surface area contributed by atoms with Crippen LogP contribution in [0, 0.1) is 0 Å². The highest BCUT2D eigenvalue weighted by Gasteiger charge is 2.34. The third-order valence-corrected chi connectivity index (χ3v) is 8.84. The van der Waals surface area contributed by atoms with Crippen LogP contribution in [-0.2, 0) is 26.2 Å². The lowest BCUT2D eigenvalue weighted by molar-refractivity contribution is -0.140. The first kappa shape index (κ1) is 29.8. The summed E-state index contributed by atoms with van der Waals surface area (Å²) in [5.74, 6) is -0.888. The normalized spacial score (nSPS) is 14.9. The molecule has 2 aromatic carbocycles. The average molecular weight is 609 g/mol. The van der Waals surface area contributed by atoms with Crippen LogP contribution in [0.3, 0.4) is 0 Å². The van der Waals surface area contributed by atoms with Gasteiger partial charge in [0.05, 0.1) is 22.0 Å². The Bertz CT molecular complexity index is 1250. The first-order chi connectivity index (χ1) is 17.4. The van der Waals surface area contributed by atoms with Crippen molar-refractivity contribution < 1.29 is 18.0 Å². The van der Waals surface area contributed by atoms with Crippen LogP contribution in [0.5, 0.6) is 0 Å². The van der Waals surface area contributed by atoms with Crippen molar-refractivity contribution in [2.45, 2.75) is 57.7 Å². The van der Waals surface area contributed by atoms with E-state index in [2.05, 4.69) is 5.32 Å². The second-order valence-corrected chi connectivity index (χ2v) is 12.5. The number of halogens is 4. The summed E-state index contributed by atoms with van der Waals surface area (Å²) in [6.45, 7) is 1.19. The van der Waals surface area contributed by atoms with Crippen LogP contribution in [0.25, 0.3) is 0 Å². The molecule has 1 atom stereocenters. The largest absolute Gasteiger partial charge is 0.352 e. The van der Waals surface area contributed by atoms with Gasteiger partial charge >= 0.3 is 0 Å². The van der Waals surface area contributed by atoms with E-state index in [0.717, 1.165) is 36.2 Å². The number of benzene rings is 2. The molecule has 12 heteroatoms. The Morgan fingerprint density at radius 2 is 1.73 bits per heavy atom. The second kappa shape index (κ2) is 12.9. The summed E-state index contributed by atoms with van der Waals surface area (Å²) in [6, 6.07) is 8.59. The number of sulfonamides is 1. The van der Waals surface area contributed by atoms with Crippen LogP contribution in [0.15, 0.2) is 36.4 Å². The van der Waals surface area contributed by atoms with Crippen LogP contribution >= 0.6 is 46.4 Å². The molecule has 3 rings (SSSR count). The SMILES string of the molecule is CC[C@H](C(=O)NC1CCCC1)N(Cc1ccc(Cl)cc1Cl)C(=O)CN(c1cccc(Cl)c1Cl)S(C)(=O)=O. The zero-order chi connectivity index (χ0) is 27.3. The molecule has 1 fully saturated rings. The molecule has 37 heavy (non-hydrogen) atoms. The molecule has 1 aliphatic rings.